The molecule has 1 saturated carbocycles. The number of rotatable bonds is 4. The van der Waals surface area contributed by atoms with Gasteiger partial charge in [-0.1, -0.05) is 6.42 Å². The normalized spacial score (nSPS) is 20.9. The van der Waals surface area contributed by atoms with Crippen LogP contribution >= 0.6 is 0 Å². The van der Waals surface area contributed by atoms with Crippen molar-refractivity contribution in [2.75, 3.05) is 23.8 Å². The molecule has 0 radical (unpaired) electrons. The van der Waals surface area contributed by atoms with Gasteiger partial charge in [-0.15, -0.1) is 0 Å². The molecule has 1 aliphatic carbocycles. The molecule has 2 fully saturated rings. The number of anilines is 2. The Bertz CT molecular complexity index is 698. The van der Waals surface area contributed by atoms with Gasteiger partial charge in [-0.25, -0.2) is 0 Å². The summed E-state index contributed by atoms with van der Waals surface area (Å²) in [7, 11) is 0. The molecule has 1 heterocycles. The smallest absolute Gasteiger partial charge is 0.313 e. The van der Waals surface area contributed by atoms with E-state index < -0.39 is 17.6 Å². The maximum absolute atomic E-state index is 12.0. The molecule has 1 unspecified atom stereocenters. The summed E-state index contributed by atoms with van der Waals surface area (Å²) in [6, 6.07) is 6.50. The Balaban J connectivity index is 1.43. The van der Waals surface area contributed by atoms with Gasteiger partial charge in [0.2, 0.25) is 5.91 Å². The summed E-state index contributed by atoms with van der Waals surface area (Å²) in [6.07, 6.45) is 4.89. The number of hydrogen-bond acceptors (Lipinski definition) is 5. The maximum Gasteiger partial charge on any atom is 0.313 e. The first kappa shape index (κ1) is 19.3. The van der Waals surface area contributed by atoms with E-state index in [2.05, 4.69) is 16.0 Å². The van der Waals surface area contributed by atoms with Crippen LogP contribution in [0.5, 0.6) is 0 Å². The van der Waals surface area contributed by atoms with Crippen molar-refractivity contribution in [2.24, 2.45) is 0 Å². The van der Waals surface area contributed by atoms with Gasteiger partial charge in [0.15, 0.2) is 5.79 Å². The molecule has 2 aliphatic rings. The molecule has 3 rings (SSSR count). The Hall–Kier alpha value is -2.45. The molecule has 1 spiro atoms. The molecule has 146 valence electrons. The Morgan fingerprint density at radius 3 is 2.26 bits per heavy atom. The van der Waals surface area contributed by atoms with Crippen LogP contribution in [-0.2, 0) is 23.9 Å². The van der Waals surface area contributed by atoms with Gasteiger partial charge in [0.25, 0.3) is 0 Å². The molecule has 0 bridgehead atoms. The second-order valence-corrected chi connectivity index (χ2v) is 6.94. The summed E-state index contributed by atoms with van der Waals surface area (Å²) in [5, 5.41) is 7.74. The highest BCUT2D eigenvalue weighted by Crippen LogP contribution is 2.37. The topological polar surface area (TPSA) is 106 Å². The minimum absolute atomic E-state index is 0.181. The zero-order valence-corrected chi connectivity index (χ0v) is 15.4. The zero-order valence-electron chi connectivity index (χ0n) is 15.4. The lowest BCUT2D eigenvalue weighted by Gasteiger charge is -2.31. The van der Waals surface area contributed by atoms with Crippen molar-refractivity contribution in [2.45, 2.75) is 50.9 Å². The van der Waals surface area contributed by atoms with Crippen LogP contribution < -0.4 is 16.0 Å². The van der Waals surface area contributed by atoms with Gasteiger partial charge in [-0.2, -0.15) is 0 Å². The van der Waals surface area contributed by atoms with Crippen LogP contribution in [0, 0.1) is 0 Å². The summed E-state index contributed by atoms with van der Waals surface area (Å²) in [6.45, 7) is 2.07. The van der Waals surface area contributed by atoms with Gasteiger partial charge in [0, 0.05) is 37.7 Å². The van der Waals surface area contributed by atoms with Gasteiger partial charge in [-0.05, 0) is 37.1 Å². The highest BCUT2D eigenvalue weighted by Gasteiger charge is 2.42. The fourth-order valence-electron chi connectivity index (χ4n) is 3.38. The minimum Gasteiger partial charge on any atom is -0.347 e. The first-order valence-corrected chi connectivity index (χ1v) is 9.24. The predicted molar refractivity (Wildman–Crippen MR) is 99.0 cm³/mol. The number of ether oxygens (including phenoxy) is 2. The summed E-state index contributed by atoms with van der Waals surface area (Å²) in [5.74, 6) is -2.16. The Labute approximate surface area is 158 Å². The van der Waals surface area contributed by atoms with E-state index in [1.807, 2.05) is 0 Å². The number of benzene rings is 1. The van der Waals surface area contributed by atoms with E-state index in [0.717, 1.165) is 25.7 Å². The van der Waals surface area contributed by atoms with E-state index in [1.165, 1.54) is 13.3 Å². The van der Waals surface area contributed by atoms with Crippen molar-refractivity contribution in [3.63, 3.8) is 0 Å². The molecule has 3 N–H and O–H groups in total. The number of carbonyl (C=O) groups excluding carboxylic acids is 3. The number of amides is 3. The molecule has 3 amide bonds. The number of carbonyl (C=O) groups is 3. The van der Waals surface area contributed by atoms with E-state index >= 15 is 0 Å². The van der Waals surface area contributed by atoms with Crippen molar-refractivity contribution in [1.29, 1.82) is 0 Å². The lowest BCUT2D eigenvalue weighted by molar-refractivity contribution is -0.186. The summed E-state index contributed by atoms with van der Waals surface area (Å²) in [5.41, 5.74) is 1.07. The Kier molecular flexibility index (Phi) is 6.08. The van der Waals surface area contributed by atoms with E-state index in [9.17, 15) is 14.4 Å². The van der Waals surface area contributed by atoms with Crippen molar-refractivity contribution in [3.8, 4) is 0 Å². The largest absolute Gasteiger partial charge is 0.347 e. The SMILES string of the molecule is CC(=O)Nc1ccc(NC(=O)C(=O)NCC2COC3(CCCCC3)O2)cc1. The molecule has 1 atom stereocenters. The van der Waals surface area contributed by atoms with Gasteiger partial charge in [-0.3, -0.25) is 14.4 Å². The van der Waals surface area contributed by atoms with Gasteiger partial charge in [0.05, 0.1) is 6.61 Å². The second kappa shape index (κ2) is 8.49. The van der Waals surface area contributed by atoms with Gasteiger partial charge in [0.1, 0.15) is 6.10 Å². The number of nitrogens with one attached hydrogen (secondary N) is 3. The molecule has 27 heavy (non-hydrogen) atoms. The van der Waals surface area contributed by atoms with Gasteiger partial charge >= 0.3 is 11.8 Å². The molecule has 1 saturated heterocycles. The standard InChI is InChI=1S/C19H25N3O5/c1-13(23)21-14-5-7-15(8-6-14)22-18(25)17(24)20-11-16-12-26-19(27-16)9-3-2-4-10-19/h5-8,16H,2-4,9-12H2,1H3,(H,20,24)(H,21,23)(H,22,25). The predicted octanol–water partition coefficient (Wildman–Crippen LogP) is 1.78. The van der Waals surface area contributed by atoms with E-state index in [4.69, 9.17) is 9.47 Å². The fraction of sp³-hybridized carbons (Fsp3) is 0.526. The molecule has 1 aliphatic heterocycles. The van der Waals surface area contributed by atoms with Crippen LogP contribution in [0.25, 0.3) is 0 Å². The van der Waals surface area contributed by atoms with E-state index in [1.54, 1.807) is 24.3 Å². The average Bonchev–Trinajstić information content (AvgIpc) is 3.03. The minimum atomic E-state index is -0.756. The monoisotopic (exact) mass is 375 g/mol. The van der Waals surface area contributed by atoms with Crippen LogP contribution in [0.2, 0.25) is 0 Å². The summed E-state index contributed by atoms with van der Waals surface area (Å²) >= 11 is 0. The summed E-state index contributed by atoms with van der Waals surface area (Å²) < 4.78 is 11.8. The van der Waals surface area contributed by atoms with Crippen LogP contribution in [-0.4, -0.2) is 42.8 Å². The van der Waals surface area contributed by atoms with Crippen LogP contribution in [0.3, 0.4) is 0 Å². The third-order valence-corrected chi connectivity index (χ3v) is 4.69. The number of hydrogen-bond donors (Lipinski definition) is 3. The average molecular weight is 375 g/mol. The fourth-order valence-corrected chi connectivity index (χ4v) is 3.38. The third kappa shape index (κ3) is 5.27. The van der Waals surface area contributed by atoms with Crippen LogP contribution in [0.15, 0.2) is 24.3 Å². The molecule has 8 nitrogen and oxygen atoms in total. The Morgan fingerprint density at radius 2 is 1.63 bits per heavy atom. The van der Waals surface area contributed by atoms with Crippen molar-refractivity contribution in [1.82, 2.24) is 5.32 Å². The lowest BCUT2D eigenvalue weighted by Crippen LogP contribution is -2.41. The summed E-state index contributed by atoms with van der Waals surface area (Å²) in [4.78, 5) is 35.0. The van der Waals surface area contributed by atoms with Crippen molar-refractivity contribution in [3.05, 3.63) is 24.3 Å². The van der Waals surface area contributed by atoms with Crippen molar-refractivity contribution < 1.29 is 23.9 Å². The highest BCUT2D eigenvalue weighted by molar-refractivity contribution is 6.39. The molecular formula is C19H25N3O5. The second-order valence-electron chi connectivity index (χ2n) is 6.94. The molecule has 8 heteroatoms. The highest BCUT2D eigenvalue weighted by atomic mass is 16.7. The molecule has 1 aromatic rings. The molecule has 1 aromatic carbocycles. The van der Waals surface area contributed by atoms with Crippen LogP contribution in [0.4, 0.5) is 11.4 Å². The van der Waals surface area contributed by atoms with Gasteiger partial charge < -0.3 is 25.4 Å². The third-order valence-electron chi connectivity index (χ3n) is 4.69. The van der Waals surface area contributed by atoms with E-state index in [0.29, 0.717) is 18.0 Å². The first-order valence-electron chi connectivity index (χ1n) is 9.24. The van der Waals surface area contributed by atoms with E-state index in [-0.39, 0.29) is 18.6 Å². The molecule has 0 aromatic heterocycles. The zero-order chi connectivity index (χ0) is 19.3. The maximum atomic E-state index is 12.0. The quantitative estimate of drug-likeness (QED) is 0.696. The lowest BCUT2D eigenvalue weighted by atomic mass is 9.94. The Morgan fingerprint density at radius 1 is 1.00 bits per heavy atom. The van der Waals surface area contributed by atoms with Crippen molar-refractivity contribution >= 4 is 29.1 Å². The molecular weight excluding hydrogens is 350 g/mol. The van der Waals surface area contributed by atoms with Crippen LogP contribution in [0.1, 0.15) is 39.0 Å². The first-order chi connectivity index (χ1) is 13.0.